The third-order valence-corrected chi connectivity index (χ3v) is 1.97. The van der Waals surface area contributed by atoms with Crippen LogP contribution in [0.3, 0.4) is 0 Å². The number of para-hydroxylation sites is 1. The van der Waals surface area contributed by atoms with Crippen molar-refractivity contribution < 1.29 is 0 Å². The zero-order valence-corrected chi connectivity index (χ0v) is 9.09. The lowest BCUT2D eigenvalue weighted by atomic mass is 10.0. The molecule has 0 aliphatic heterocycles. The van der Waals surface area contributed by atoms with Gasteiger partial charge < -0.3 is 5.32 Å². The highest BCUT2D eigenvalue weighted by atomic mass is 14.8. The van der Waals surface area contributed by atoms with Gasteiger partial charge in [-0.3, -0.25) is 0 Å². The predicted molar refractivity (Wildman–Crippen MR) is 62.1 cm³/mol. The highest BCUT2D eigenvalue weighted by Gasteiger charge is 2.02. The first-order chi connectivity index (χ1) is 6.74. The van der Waals surface area contributed by atoms with Gasteiger partial charge in [0.25, 0.3) is 0 Å². The summed E-state index contributed by atoms with van der Waals surface area (Å²) in [6.07, 6.45) is 1.09. The molecule has 0 unspecified atom stereocenters. The average molecular weight is 187 g/mol. The molecular weight excluding hydrogens is 170 g/mol. The van der Waals surface area contributed by atoms with Crippen LogP contribution in [0, 0.1) is 17.9 Å². The molecule has 74 valence electrons. The van der Waals surface area contributed by atoms with Crippen molar-refractivity contribution in [3.05, 3.63) is 29.8 Å². The van der Waals surface area contributed by atoms with E-state index in [9.17, 15) is 0 Å². The van der Waals surface area contributed by atoms with Crippen molar-refractivity contribution in [1.82, 2.24) is 0 Å². The Morgan fingerprint density at radius 2 is 2.00 bits per heavy atom. The van der Waals surface area contributed by atoms with Gasteiger partial charge in [0, 0.05) is 11.7 Å². The van der Waals surface area contributed by atoms with Gasteiger partial charge in [-0.2, -0.15) is 0 Å². The summed E-state index contributed by atoms with van der Waals surface area (Å²) >= 11 is 0. The molecule has 0 bridgehead atoms. The highest BCUT2D eigenvalue weighted by molar-refractivity contribution is 5.54. The molecule has 0 aliphatic rings. The second-order valence-corrected chi connectivity index (χ2v) is 3.76. The summed E-state index contributed by atoms with van der Waals surface area (Å²) in [5.41, 5.74) is 2.47. The third kappa shape index (κ3) is 3.14. The molecule has 1 aromatic rings. The fourth-order valence-corrected chi connectivity index (χ4v) is 1.39. The van der Waals surface area contributed by atoms with E-state index in [0.29, 0.717) is 5.92 Å². The standard InChI is InChI=1S/C13H17N/c1-4-9-14-13-8-6-5-7-12(13)10-11(2)3/h5-8,11,14H,10H2,1-3H3. The summed E-state index contributed by atoms with van der Waals surface area (Å²) in [6.45, 7) is 6.28. The zero-order chi connectivity index (χ0) is 10.4. The molecule has 0 amide bonds. The maximum Gasteiger partial charge on any atom is 0.0491 e. The Morgan fingerprint density at radius 3 is 2.64 bits per heavy atom. The van der Waals surface area contributed by atoms with Gasteiger partial charge in [0.15, 0.2) is 0 Å². The first kappa shape index (κ1) is 10.7. The molecule has 14 heavy (non-hydrogen) atoms. The molecule has 0 saturated carbocycles. The van der Waals surface area contributed by atoms with Gasteiger partial charge in [0.2, 0.25) is 0 Å². The molecule has 1 heteroatoms. The van der Waals surface area contributed by atoms with E-state index in [1.807, 2.05) is 13.0 Å². The maximum atomic E-state index is 3.11. The van der Waals surface area contributed by atoms with Crippen LogP contribution in [0.5, 0.6) is 0 Å². The van der Waals surface area contributed by atoms with E-state index in [2.05, 4.69) is 49.3 Å². The molecule has 1 N–H and O–H groups in total. The quantitative estimate of drug-likeness (QED) is 0.565. The molecule has 0 fully saturated rings. The highest BCUT2D eigenvalue weighted by Crippen LogP contribution is 2.18. The lowest BCUT2D eigenvalue weighted by molar-refractivity contribution is 0.648. The van der Waals surface area contributed by atoms with Gasteiger partial charge >= 0.3 is 0 Å². The van der Waals surface area contributed by atoms with Crippen LogP contribution in [0.2, 0.25) is 0 Å². The van der Waals surface area contributed by atoms with E-state index < -0.39 is 0 Å². The molecule has 1 aromatic carbocycles. The van der Waals surface area contributed by atoms with E-state index >= 15 is 0 Å². The van der Waals surface area contributed by atoms with E-state index in [1.54, 1.807) is 0 Å². The second kappa shape index (κ2) is 5.34. The van der Waals surface area contributed by atoms with Crippen molar-refractivity contribution >= 4 is 5.69 Å². The summed E-state index contributed by atoms with van der Waals surface area (Å²) in [5, 5.41) is 3.11. The van der Waals surface area contributed by atoms with E-state index in [1.165, 1.54) is 5.56 Å². The number of hydrogen-bond acceptors (Lipinski definition) is 1. The third-order valence-electron chi connectivity index (χ3n) is 1.97. The van der Waals surface area contributed by atoms with Crippen LogP contribution in [0.4, 0.5) is 5.69 Å². The van der Waals surface area contributed by atoms with Crippen LogP contribution in [0.1, 0.15) is 26.3 Å². The minimum absolute atomic E-state index is 0.674. The van der Waals surface area contributed by atoms with E-state index in [-0.39, 0.29) is 0 Å². The minimum atomic E-state index is 0.674. The summed E-state index contributed by atoms with van der Waals surface area (Å²) in [7, 11) is 0. The largest absolute Gasteiger partial charge is 0.315 e. The topological polar surface area (TPSA) is 12.0 Å². The summed E-state index contributed by atoms with van der Waals surface area (Å²) in [5.74, 6) is 3.51. The molecular formula is C13H17N. The van der Waals surface area contributed by atoms with Gasteiger partial charge in [-0.25, -0.2) is 0 Å². The SMILES string of the molecule is CC#CNc1ccccc1CC(C)C. The Hall–Kier alpha value is -1.42. The number of rotatable bonds is 3. The molecule has 0 atom stereocenters. The first-order valence-corrected chi connectivity index (χ1v) is 4.99. The van der Waals surface area contributed by atoms with Crippen molar-refractivity contribution in [2.75, 3.05) is 5.32 Å². The van der Waals surface area contributed by atoms with Gasteiger partial charge in [-0.15, -0.1) is 0 Å². The molecule has 0 heterocycles. The van der Waals surface area contributed by atoms with Gasteiger partial charge in [0.05, 0.1) is 0 Å². The molecule has 0 radical (unpaired) electrons. The minimum Gasteiger partial charge on any atom is -0.315 e. The van der Waals surface area contributed by atoms with Crippen molar-refractivity contribution in [2.24, 2.45) is 5.92 Å². The zero-order valence-electron chi connectivity index (χ0n) is 9.09. The smallest absolute Gasteiger partial charge is 0.0491 e. The van der Waals surface area contributed by atoms with Crippen molar-refractivity contribution in [3.63, 3.8) is 0 Å². The number of benzene rings is 1. The van der Waals surface area contributed by atoms with Crippen LogP contribution in [0.25, 0.3) is 0 Å². The van der Waals surface area contributed by atoms with Crippen molar-refractivity contribution in [3.8, 4) is 12.0 Å². The van der Waals surface area contributed by atoms with E-state index in [0.717, 1.165) is 12.1 Å². The Kier molecular flexibility index (Phi) is 4.07. The molecule has 1 nitrogen and oxygen atoms in total. The lowest BCUT2D eigenvalue weighted by Crippen LogP contribution is -1.99. The maximum absolute atomic E-state index is 3.11. The van der Waals surface area contributed by atoms with Gasteiger partial charge in [-0.05, 0) is 30.9 Å². The lowest BCUT2D eigenvalue weighted by Gasteiger charge is -2.09. The van der Waals surface area contributed by atoms with Crippen LogP contribution < -0.4 is 5.32 Å². The van der Waals surface area contributed by atoms with Crippen LogP contribution in [-0.2, 0) is 6.42 Å². The van der Waals surface area contributed by atoms with Crippen LogP contribution in [-0.4, -0.2) is 0 Å². The molecule has 1 rings (SSSR count). The predicted octanol–water partition coefficient (Wildman–Crippen LogP) is 3.28. The Balaban J connectivity index is 2.83. The van der Waals surface area contributed by atoms with Crippen molar-refractivity contribution in [2.45, 2.75) is 27.2 Å². The number of anilines is 1. The van der Waals surface area contributed by atoms with Crippen LogP contribution >= 0.6 is 0 Å². The second-order valence-electron chi connectivity index (χ2n) is 3.76. The van der Waals surface area contributed by atoms with Crippen LogP contribution in [0.15, 0.2) is 24.3 Å². The van der Waals surface area contributed by atoms with Crippen molar-refractivity contribution in [1.29, 1.82) is 0 Å². The van der Waals surface area contributed by atoms with Gasteiger partial charge in [-0.1, -0.05) is 38.0 Å². The number of nitrogens with one attached hydrogen (secondary N) is 1. The molecule has 0 spiro atoms. The summed E-state index contributed by atoms with van der Waals surface area (Å²) in [4.78, 5) is 0. The Morgan fingerprint density at radius 1 is 1.29 bits per heavy atom. The molecule has 0 aromatic heterocycles. The fraction of sp³-hybridized carbons (Fsp3) is 0.385. The first-order valence-electron chi connectivity index (χ1n) is 4.99. The summed E-state index contributed by atoms with van der Waals surface area (Å²) < 4.78 is 0. The Labute approximate surface area is 86.5 Å². The normalized spacial score (nSPS) is 9.43. The summed E-state index contributed by atoms with van der Waals surface area (Å²) in [6, 6.07) is 11.2. The molecule has 0 saturated heterocycles. The monoisotopic (exact) mass is 187 g/mol. The average Bonchev–Trinajstić information content (AvgIpc) is 2.16. The number of hydrogen-bond donors (Lipinski definition) is 1. The molecule has 0 aliphatic carbocycles. The van der Waals surface area contributed by atoms with E-state index in [4.69, 9.17) is 0 Å². The van der Waals surface area contributed by atoms with Gasteiger partial charge in [0.1, 0.15) is 0 Å². The fourth-order valence-electron chi connectivity index (χ4n) is 1.39. The Bertz CT molecular complexity index is 342.